The van der Waals surface area contributed by atoms with Crippen LogP contribution in [0.25, 0.3) is 0 Å². The lowest BCUT2D eigenvalue weighted by atomic mass is 9.67. The average Bonchev–Trinajstić information content (AvgIpc) is 1.99. The van der Waals surface area contributed by atoms with Crippen molar-refractivity contribution in [3.63, 3.8) is 0 Å². The SMILES string of the molecule is CC(C)CC(C)(C)C(C)C(C)C(C)C. The third kappa shape index (κ3) is 4.02. The van der Waals surface area contributed by atoms with Crippen LogP contribution in [0.3, 0.4) is 0 Å². The minimum atomic E-state index is 0.484. The van der Waals surface area contributed by atoms with E-state index in [2.05, 4.69) is 55.4 Å². The van der Waals surface area contributed by atoms with Crippen LogP contribution in [0.5, 0.6) is 0 Å². The molecule has 0 bridgehead atoms. The van der Waals surface area contributed by atoms with Gasteiger partial charge in [0.2, 0.25) is 0 Å². The second-order valence-electron chi connectivity index (χ2n) is 6.48. The molecule has 0 saturated carbocycles. The van der Waals surface area contributed by atoms with Crippen molar-refractivity contribution in [3.8, 4) is 0 Å². The quantitative estimate of drug-likeness (QED) is 0.584. The molecule has 0 N–H and O–H groups in total. The van der Waals surface area contributed by atoms with E-state index < -0.39 is 0 Å². The molecule has 2 unspecified atom stereocenters. The second kappa shape index (κ2) is 5.19. The van der Waals surface area contributed by atoms with Gasteiger partial charge < -0.3 is 0 Å². The summed E-state index contributed by atoms with van der Waals surface area (Å²) in [6, 6.07) is 0. The molecule has 0 nitrogen and oxygen atoms in total. The summed E-state index contributed by atoms with van der Waals surface area (Å²) in [4.78, 5) is 0. The summed E-state index contributed by atoms with van der Waals surface area (Å²) >= 11 is 0. The van der Waals surface area contributed by atoms with Crippen LogP contribution < -0.4 is 0 Å². The van der Waals surface area contributed by atoms with E-state index in [0.29, 0.717) is 5.41 Å². The summed E-state index contributed by atoms with van der Waals surface area (Å²) in [5, 5.41) is 0. The molecule has 0 aromatic rings. The van der Waals surface area contributed by atoms with E-state index in [-0.39, 0.29) is 0 Å². The van der Waals surface area contributed by atoms with Crippen molar-refractivity contribution in [1.82, 2.24) is 0 Å². The zero-order valence-electron chi connectivity index (χ0n) is 11.5. The standard InChI is InChI=1S/C14H30/c1-10(2)9-14(7,8)13(6)12(5)11(3)4/h10-13H,9H2,1-8H3. The highest BCUT2D eigenvalue weighted by molar-refractivity contribution is 4.81. The molecule has 0 saturated heterocycles. The zero-order valence-corrected chi connectivity index (χ0v) is 11.5. The molecule has 0 spiro atoms. The van der Waals surface area contributed by atoms with Crippen LogP contribution in [0.4, 0.5) is 0 Å². The number of hydrogen-bond donors (Lipinski definition) is 0. The predicted molar refractivity (Wildman–Crippen MR) is 66.4 cm³/mol. The maximum atomic E-state index is 2.43. The Morgan fingerprint density at radius 2 is 1.29 bits per heavy atom. The molecule has 0 amide bonds. The Labute approximate surface area is 91.5 Å². The molecule has 86 valence electrons. The molecule has 0 radical (unpaired) electrons. The highest BCUT2D eigenvalue weighted by Crippen LogP contribution is 2.40. The lowest BCUT2D eigenvalue weighted by Crippen LogP contribution is -2.30. The van der Waals surface area contributed by atoms with E-state index in [0.717, 1.165) is 23.7 Å². The van der Waals surface area contributed by atoms with Gasteiger partial charge in [0.25, 0.3) is 0 Å². The van der Waals surface area contributed by atoms with Gasteiger partial charge in [-0.15, -0.1) is 0 Å². The Kier molecular flexibility index (Phi) is 5.19. The van der Waals surface area contributed by atoms with Crippen LogP contribution in [-0.4, -0.2) is 0 Å². The van der Waals surface area contributed by atoms with Crippen LogP contribution >= 0.6 is 0 Å². The molecule has 0 heteroatoms. The van der Waals surface area contributed by atoms with E-state index in [1.807, 2.05) is 0 Å². The molecule has 0 aromatic carbocycles. The van der Waals surface area contributed by atoms with E-state index in [1.165, 1.54) is 6.42 Å². The van der Waals surface area contributed by atoms with Crippen molar-refractivity contribution in [3.05, 3.63) is 0 Å². The van der Waals surface area contributed by atoms with Crippen molar-refractivity contribution in [2.75, 3.05) is 0 Å². The number of rotatable bonds is 5. The Hall–Kier alpha value is 0. The fraction of sp³-hybridized carbons (Fsp3) is 1.00. The summed E-state index contributed by atoms with van der Waals surface area (Å²) in [5.74, 6) is 3.25. The molecule has 0 rings (SSSR count). The van der Waals surface area contributed by atoms with Crippen LogP contribution in [0.2, 0.25) is 0 Å². The van der Waals surface area contributed by atoms with Gasteiger partial charge in [-0.25, -0.2) is 0 Å². The van der Waals surface area contributed by atoms with Crippen molar-refractivity contribution in [2.24, 2.45) is 29.1 Å². The Balaban J connectivity index is 4.40. The van der Waals surface area contributed by atoms with E-state index in [9.17, 15) is 0 Å². The maximum Gasteiger partial charge on any atom is -0.0323 e. The van der Waals surface area contributed by atoms with Gasteiger partial charge in [-0.2, -0.15) is 0 Å². The van der Waals surface area contributed by atoms with Crippen molar-refractivity contribution >= 4 is 0 Å². The molecule has 0 aliphatic heterocycles. The van der Waals surface area contributed by atoms with Gasteiger partial charge in [0.1, 0.15) is 0 Å². The van der Waals surface area contributed by atoms with Crippen molar-refractivity contribution < 1.29 is 0 Å². The smallest absolute Gasteiger partial charge is 0.0323 e. The van der Waals surface area contributed by atoms with Gasteiger partial charge in [-0.1, -0.05) is 55.4 Å². The summed E-state index contributed by atoms with van der Waals surface area (Å²) < 4.78 is 0. The summed E-state index contributed by atoms with van der Waals surface area (Å²) in [6.45, 7) is 19.0. The molecular formula is C14H30. The summed E-state index contributed by atoms with van der Waals surface area (Å²) in [5.41, 5.74) is 0.484. The van der Waals surface area contributed by atoms with Crippen LogP contribution in [0.15, 0.2) is 0 Å². The van der Waals surface area contributed by atoms with E-state index in [4.69, 9.17) is 0 Å². The molecule has 0 aromatic heterocycles. The highest BCUT2D eigenvalue weighted by Gasteiger charge is 2.31. The third-order valence-electron chi connectivity index (χ3n) is 4.01. The summed E-state index contributed by atoms with van der Waals surface area (Å²) in [7, 11) is 0. The van der Waals surface area contributed by atoms with Gasteiger partial charge in [0.05, 0.1) is 0 Å². The normalized spacial score (nSPS) is 17.6. The fourth-order valence-corrected chi connectivity index (χ4v) is 2.53. The topological polar surface area (TPSA) is 0 Å². The van der Waals surface area contributed by atoms with Gasteiger partial charge in [-0.3, -0.25) is 0 Å². The average molecular weight is 198 g/mol. The van der Waals surface area contributed by atoms with Crippen LogP contribution in [0, 0.1) is 29.1 Å². The predicted octanol–water partition coefficient (Wildman–Crippen LogP) is 4.99. The second-order valence-corrected chi connectivity index (χ2v) is 6.48. The third-order valence-corrected chi connectivity index (χ3v) is 4.01. The Morgan fingerprint density at radius 3 is 1.57 bits per heavy atom. The van der Waals surface area contributed by atoms with Gasteiger partial charge in [0.15, 0.2) is 0 Å². The number of hydrogen-bond acceptors (Lipinski definition) is 0. The van der Waals surface area contributed by atoms with Crippen molar-refractivity contribution in [2.45, 2.75) is 61.8 Å². The molecule has 14 heavy (non-hydrogen) atoms. The maximum absolute atomic E-state index is 2.43. The monoisotopic (exact) mass is 198 g/mol. The largest absolute Gasteiger partial charge is 0.0628 e. The molecular weight excluding hydrogens is 168 g/mol. The first-order valence-corrected chi connectivity index (χ1v) is 6.18. The van der Waals surface area contributed by atoms with Gasteiger partial charge >= 0.3 is 0 Å². The molecule has 0 fully saturated rings. The van der Waals surface area contributed by atoms with Crippen LogP contribution in [-0.2, 0) is 0 Å². The fourth-order valence-electron chi connectivity index (χ4n) is 2.53. The van der Waals surface area contributed by atoms with E-state index >= 15 is 0 Å². The first-order valence-electron chi connectivity index (χ1n) is 6.18. The van der Waals surface area contributed by atoms with Crippen LogP contribution in [0.1, 0.15) is 61.8 Å². The molecule has 2 atom stereocenters. The minimum Gasteiger partial charge on any atom is -0.0628 e. The lowest BCUT2D eigenvalue weighted by molar-refractivity contribution is 0.109. The van der Waals surface area contributed by atoms with Gasteiger partial charge in [-0.05, 0) is 35.5 Å². The molecule has 0 aliphatic rings. The zero-order chi connectivity index (χ0) is 11.5. The Bertz CT molecular complexity index is 153. The van der Waals surface area contributed by atoms with Gasteiger partial charge in [0, 0.05) is 0 Å². The molecule has 0 aliphatic carbocycles. The summed E-state index contributed by atoms with van der Waals surface area (Å²) in [6.07, 6.45) is 1.34. The minimum absolute atomic E-state index is 0.484. The highest BCUT2D eigenvalue weighted by atomic mass is 14.4. The molecule has 0 heterocycles. The Morgan fingerprint density at radius 1 is 0.857 bits per heavy atom. The first-order chi connectivity index (χ1) is 6.18. The van der Waals surface area contributed by atoms with Crippen molar-refractivity contribution in [1.29, 1.82) is 0 Å². The van der Waals surface area contributed by atoms with E-state index in [1.54, 1.807) is 0 Å². The lowest BCUT2D eigenvalue weighted by Gasteiger charge is -2.39. The first kappa shape index (κ1) is 14.0.